The highest BCUT2D eigenvalue weighted by Crippen LogP contribution is 2.32. The van der Waals surface area contributed by atoms with E-state index in [1.807, 2.05) is 66.9 Å². The van der Waals surface area contributed by atoms with Crippen molar-refractivity contribution in [1.29, 1.82) is 0 Å². The molecule has 0 atom stereocenters. The van der Waals surface area contributed by atoms with Crippen molar-refractivity contribution in [3.8, 4) is 33.5 Å². The molecule has 34 heavy (non-hydrogen) atoms. The maximum absolute atomic E-state index is 11.5. The normalized spacial score (nSPS) is 11.9. The molecule has 168 valence electrons. The fraction of sp³-hybridized carbons (Fsp3) is 0.0357. The van der Waals surface area contributed by atoms with Gasteiger partial charge in [-0.2, -0.15) is 8.42 Å². The van der Waals surface area contributed by atoms with Crippen LogP contribution >= 0.6 is 0 Å². The number of nitrogens with zero attached hydrogens (tertiary/aromatic N) is 2. The lowest BCUT2D eigenvalue weighted by Gasteiger charge is -2.09. The van der Waals surface area contributed by atoms with E-state index in [0.717, 1.165) is 57.2 Å². The molecule has 0 fully saturated rings. The zero-order valence-corrected chi connectivity index (χ0v) is 19.3. The number of hydrogen-bond acceptors (Lipinski definition) is 4. The summed E-state index contributed by atoms with van der Waals surface area (Å²) in [5, 5.41) is 1.05. The highest BCUT2D eigenvalue weighted by atomic mass is 32.2. The zero-order chi connectivity index (χ0) is 23.5. The molecule has 2 heterocycles. The molecule has 0 aliphatic heterocycles. The van der Waals surface area contributed by atoms with E-state index < -0.39 is 10.1 Å². The molecule has 6 heteroatoms. The van der Waals surface area contributed by atoms with E-state index in [2.05, 4.69) is 45.1 Å². The van der Waals surface area contributed by atoms with Crippen LogP contribution in [0, 0.1) is 0 Å². The van der Waals surface area contributed by atoms with Gasteiger partial charge in [0.15, 0.2) is 0 Å². The highest BCUT2D eigenvalue weighted by Gasteiger charge is 2.13. The molecule has 0 amide bonds. The van der Waals surface area contributed by atoms with Crippen LogP contribution in [0.4, 0.5) is 0 Å². The molecule has 0 aliphatic rings. The summed E-state index contributed by atoms with van der Waals surface area (Å²) in [6.07, 6.45) is 5.64. The van der Waals surface area contributed by atoms with Crippen LogP contribution in [0.2, 0.25) is 0 Å². The minimum Gasteiger partial charge on any atom is -0.305 e. The Kier molecular flexibility index (Phi) is 5.84. The number of hydrogen-bond donors (Lipinski definition) is 0. The molecule has 0 saturated carbocycles. The van der Waals surface area contributed by atoms with Gasteiger partial charge in [-0.1, -0.05) is 84.9 Å². The second kappa shape index (κ2) is 9.09. The Hall–Kier alpha value is -4.00. The number of benzene rings is 3. The summed E-state index contributed by atoms with van der Waals surface area (Å²) in [7, 11) is -2.51. The van der Waals surface area contributed by atoms with Gasteiger partial charge in [-0.15, -0.1) is 0 Å². The first-order valence-corrected chi connectivity index (χ1v) is 12.2. The number of fused-ring (bicyclic) bond motifs is 1. The first-order chi connectivity index (χ1) is 16.5. The lowest BCUT2D eigenvalue weighted by molar-refractivity contribution is 0.406. The molecule has 5 rings (SSSR count). The molecule has 2 aromatic heterocycles. The molecule has 3 aromatic carbocycles. The number of pyridine rings is 1. The van der Waals surface area contributed by atoms with E-state index in [-0.39, 0.29) is 0 Å². The monoisotopic (exact) mass is 466 g/mol. The number of rotatable bonds is 6. The molecule has 0 spiro atoms. The Labute approximate surface area is 198 Å². The minimum atomic E-state index is -3.65. The van der Waals surface area contributed by atoms with Gasteiger partial charge >= 0.3 is 0 Å². The smallest absolute Gasteiger partial charge is 0.289 e. The van der Waals surface area contributed by atoms with Crippen molar-refractivity contribution in [3.05, 3.63) is 114 Å². The average Bonchev–Trinajstić information content (AvgIpc) is 3.33. The van der Waals surface area contributed by atoms with Crippen molar-refractivity contribution in [2.24, 2.45) is 0 Å². The third-order valence-electron chi connectivity index (χ3n) is 5.61. The number of imidazole rings is 1. The van der Waals surface area contributed by atoms with E-state index in [1.165, 1.54) is 6.08 Å². The van der Waals surface area contributed by atoms with Gasteiger partial charge in [0.25, 0.3) is 10.1 Å². The first-order valence-electron chi connectivity index (χ1n) is 10.8. The van der Waals surface area contributed by atoms with Crippen LogP contribution in [-0.2, 0) is 14.3 Å². The van der Waals surface area contributed by atoms with Crippen molar-refractivity contribution >= 4 is 21.8 Å². The zero-order valence-electron chi connectivity index (χ0n) is 18.5. The fourth-order valence-corrected chi connectivity index (χ4v) is 4.27. The van der Waals surface area contributed by atoms with Gasteiger partial charge in [0, 0.05) is 23.5 Å². The molecular formula is C28H22N2O3S. The summed E-state index contributed by atoms with van der Waals surface area (Å²) >= 11 is 0. The van der Waals surface area contributed by atoms with Gasteiger partial charge in [0.05, 0.1) is 18.2 Å². The summed E-state index contributed by atoms with van der Waals surface area (Å²) in [6, 6.07) is 30.2. The van der Waals surface area contributed by atoms with Crippen molar-refractivity contribution in [3.63, 3.8) is 0 Å². The van der Waals surface area contributed by atoms with Gasteiger partial charge in [-0.25, -0.2) is 4.98 Å². The Morgan fingerprint density at radius 1 is 0.765 bits per heavy atom. The average molecular weight is 467 g/mol. The predicted octanol–water partition coefficient (Wildman–Crippen LogP) is 6.28. The molecule has 0 radical (unpaired) electrons. The van der Waals surface area contributed by atoms with Crippen LogP contribution in [0.1, 0.15) is 5.56 Å². The SMILES string of the molecule is COS(=O)(=O)C=Cc1ccc(-c2cc(-c3ccccc3)c3nc(-c4ccccc4)cn3c2)cc1. The van der Waals surface area contributed by atoms with Crippen LogP contribution in [0.25, 0.3) is 45.2 Å². The third-order valence-corrected chi connectivity index (χ3v) is 6.54. The molecule has 5 aromatic rings. The van der Waals surface area contributed by atoms with Crippen LogP contribution in [0.15, 0.2) is 109 Å². The molecule has 5 nitrogen and oxygen atoms in total. The predicted molar refractivity (Wildman–Crippen MR) is 136 cm³/mol. The molecule has 0 unspecified atom stereocenters. The Morgan fingerprint density at radius 2 is 1.41 bits per heavy atom. The van der Waals surface area contributed by atoms with Gasteiger partial charge in [0.2, 0.25) is 0 Å². The molecular weight excluding hydrogens is 444 g/mol. The summed E-state index contributed by atoms with van der Waals surface area (Å²) in [6.45, 7) is 0. The van der Waals surface area contributed by atoms with E-state index in [4.69, 9.17) is 4.98 Å². The van der Waals surface area contributed by atoms with Crippen molar-refractivity contribution in [2.45, 2.75) is 0 Å². The van der Waals surface area contributed by atoms with Crippen LogP contribution in [0.5, 0.6) is 0 Å². The Morgan fingerprint density at radius 3 is 2.06 bits per heavy atom. The standard InChI is InChI=1S/C28H22N2O3S/c1-33-34(31,32)17-16-21-12-14-22(15-13-21)25-18-26(23-8-4-2-5-9-23)28-29-27(20-30(28)19-25)24-10-6-3-7-11-24/h2-20H,1H3. The van der Waals surface area contributed by atoms with Crippen LogP contribution < -0.4 is 0 Å². The summed E-state index contributed by atoms with van der Waals surface area (Å²) in [5.74, 6) is 0. The summed E-state index contributed by atoms with van der Waals surface area (Å²) in [4.78, 5) is 4.95. The van der Waals surface area contributed by atoms with Crippen molar-refractivity contribution < 1.29 is 12.6 Å². The molecule has 0 saturated heterocycles. The largest absolute Gasteiger partial charge is 0.305 e. The van der Waals surface area contributed by atoms with Crippen molar-refractivity contribution in [2.75, 3.05) is 7.11 Å². The van der Waals surface area contributed by atoms with Crippen LogP contribution in [0.3, 0.4) is 0 Å². The van der Waals surface area contributed by atoms with E-state index >= 15 is 0 Å². The van der Waals surface area contributed by atoms with Gasteiger partial charge in [-0.05, 0) is 34.4 Å². The highest BCUT2D eigenvalue weighted by molar-refractivity contribution is 7.89. The summed E-state index contributed by atoms with van der Waals surface area (Å²) in [5.41, 5.74) is 7.80. The quantitative estimate of drug-likeness (QED) is 0.276. The molecule has 0 bridgehead atoms. The maximum Gasteiger partial charge on any atom is 0.289 e. The second-order valence-electron chi connectivity index (χ2n) is 7.82. The van der Waals surface area contributed by atoms with E-state index in [9.17, 15) is 8.42 Å². The van der Waals surface area contributed by atoms with Crippen molar-refractivity contribution in [1.82, 2.24) is 9.38 Å². The lowest BCUT2D eigenvalue weighted by atomic mass is 10.0. The maximum atomic E-state index is 11.5. The van der Waals surface area contributed by atoms with Gasteiger partial charge in [0.1, 0.15) is 5.65 Å². The Bertz CT molecular complexity index is 1570. The first kappa shape index (κ1) is 21.8. The lowest BCUT2D eigenvalue weighted by Crippen LogP contribution is -1.95. The number of aromatic nitrogens is 2. The minimum absolute atomic E-state index is 0.766. The third kappa shape index (κ3) is 4.55. The van der Waals surface area contributed by atoms with Gasteiger partial charge in [-0.3, -0.25) is 4.18 Å². The van der Waals surface area contributed by atoms with Crippen LogP contribution in [-0.4, -0.2) is 24.9 Å². The van der Waals surface area contributed by atoms with Gasteiger partial charge < -0.3 is 4.40 Å². The second-order valence-corrected chi connectivity index (χ2v) is 9.41. The Balaban J connectivity index is 1.60. The topological polar surface area (TPSA) is 60.7 Å². The fourth-order valence-electron chi connectivity index (χ4n) is 3.84. The van der Waals surface area contributed by atoms with E-state index in [1.54, 1.807) is 0 Å². The van der Waals surface area contributed by atoms with E-state index in [0.29, 0.717) is 0 Å². The molecule has 0 aliphatic carbocycles. The molecule has 0 N–H and O–H groups in total. The summed E-state index contributed by atoms with van der Waals surface area (Å²) < 4.78 is 29.6.